The summed E-state index contributed by atoms with van der Waals surface area (Å²) in [5, 5.41) is 0. The summed E-state index contributed by atoms with van der Waals surface area (Å²) in [6.07, 6.45) is 4.76. The largest absolute Gasteiger partial charge is 0.497 e. The number of rotatable bonds is 4. The maximum absolute atomic E-state index is 13.6. The van der Waals surface area contributed by atoms with Crippen molar-refractivity contribution < 1.29 is 23.8 Å². The minimum Gasteiger partial charge on any atom is -0.497 e. The van der Waals surface area contributed by atoms with Crippen LogP contribution in [0.4, 0.5) is 4.79 Å². The van der Waals surface area contributed by atoms with E-state index >= 15 is 0 Å². The van der Waals surface area contributed by atoms with Gasteiger partial charge in [0.15, 0.2) is 0 Å². The molecule has 1 aromatic rings. The summed E-state index contributed by atoms with van der Waals surface area (Å²) in [5.74, 6) is 0.210. The summed E-state index contributed by atoms with van der Waals surface area (Å²) in [6, 6.07) is 7.22. The number of hydrogen-bond donors (Lipinski definition) is 0. The topological polar surface area (TPSA) is 68.3 Å². The molecule has 3 heterocycles. The van der Waals surface area contributed by atoms with E-state index in [1.807, 2.05) is 57.2 Å². The molecule has 0 radical (unpaired) electrons. The molecule has 2 saturated heterocycles. The van der Waals surface area contributed by atoms with Gasteiger partial charge in [-0.3, -0.25) is 9.69 Å². The molecule has 3 aliphatic rings. The second-order valence-electron chi connectivity index (χ2n) is 9.31. The normalized spacial score (nSPS) is 29.5. The van der Waals surface area contributed by atoms with Crippen molar-refractivity contribution >= 4 is 12.0 Å². The number of nitrogens with zero attached hydrogens (tertiary/aromatic N) is 2. The van der Waals surface area contributed by atoms with Crippen molar-refractivity contribution in [2.75, 3.05) is 20.2 Å². The molecule has 2 amide bonds. The van der Waals surface area contributed by atoms with E-state index < -0.39 is 29.3 Å². The predicted octanol–water partition coefficient (Wildman–Crippen LogP) is 3.15. The molecular formula is C24H30N2O5. The van der Waals surface area contributed by atoms with Gasteiger partial charge in [-0.05, 0) is 38.5 Å². The van der Waals surface area contributed by atoms with Gasteiger partial charge in [-0.15, -0.1) is 6.58 Å². The third kappa shape index (κ3) is 3.82. The fourth-order valence-corrected chi connectivity index (χ4v) is 4.72. The highest BCUT2D eigenvalue weighted by atomic mass is 16.6. The third-order valence-electron chi connectivity index (χ3n) is 6.07. The Morgan fingerprint density at radius 1 is 1.32 bits per heavy atom. The molecule has 7 heteroatoms. The van der Waals surface area contributed by atoms with Gasteiger partial charge in [0.2, 0.25) is 5.91 Å². The number of methoxy groups -OCH3 is 1. The van der Waals surface area contributed by atoms with E-state index in [0.717, 1.165) is 11.3 Å². The second kappa shape index (κ2) is 7.71. The molecule has 31 heavy (non-hydrogen) atoms. The van der Waals surface area contributed by atoms with Crippen molar-refractivity contribution in [3.8, 4) is 5.75 Å². The molecule has 0 unspecified atom stereocenters. The molecule has 1 aromatic carbocycles. The minimum atomic E-state index is -0.839. The van der Waals surface area contributed by atoms with Crippen LogP contribution in [0.25, 0.3) is 0 Å². The van der Waals surface area contributed by atoms with Crippen LogP contribution in [0.15, 0.2) is 49.1 Å². The molecule has 166 valence electrons. The monoisotopic (exact) mass is 426 g/mol. The van der Waals surface area contributed by atoms with E-state index in [1.54, 1.807) is 23.0 Å². The van der Waals surface area contributed by atoms with E-state index in [1.165, 1.54) is 0 Å². The third-order valence-corrected chi connectivity index (χ3v) is 6.07. The number of ether oxygens (including phenoxy) is 3. The molecule has 0 bridgehead atoms. The average molecular weight is 427 g/mol. The van der Waals surface area contributed by atoms with Crippen molar-refractivity contribution in [3.63, 3.8) is 0 Å². The number of likely N-dealkylation sites (tertiary alicyclic amines) is 1. The molecule has 0 aromatic heterocycles. The first-order valence-corrected chi connectivity index (χ1v) is 10.6. The summed E-state index contributed by atoms with van der Waals surface area (Å²) >= 11 is 0. The van der Waals surface area contributed by atoms with Crippen LogP contribution in [0.5, 0.6) is 5.75 Å². The predicted molar refractivity (Wildman–Crippen MR) is 116 cm³/mol. The molecular weight excluding hydrogens is 396 g/mol. The Kier molecular flexibility index (Phi) is 5.33. The average Bonchev–Trinajstić information content (AvgIpc) is 3.19. The van der Waals surface area contributed by atoms with Crippen molar-refractivity contribution in [2.45, 2.75) is 50.7 Å². The van der Waals surface area contributed by atoms with E-state index in [-0.39, 0.29) is 12.0 Å². The lowest BCUT2D eigenvalue weighted by Gasteiger charge is -2.36. The van der Waals surface area contributed by atoms with Crippen LogP contribution < -0.4 is 4.74 Å². The fourth-order valence-electron chi connectivity index (χ4n) is 4.72. The summed E-state index contributed by atoms with van der Waals surface area (Å²) in [7, 11) is 1.62. The lowest BCUT2D eigenvalue weighted by molar-refractivity contribution is -0.133. The van der Waals surface area contributed by atoms with Gasteiger partial charge in [0, 0.05) is 13.1 Å². The Bertz CT molecular complexity index is 904. The van der Waals surface area contributed by atoms with Gasteiger partial charge in [-0.25, -0.2) is 4.79 Å². The lowest BCUT2D eigenvalue weighted by Crippen LogP contribution is -2.53. The number of hydrogen-bond acceptors (Lipinski definition) is 5. The van der Waals surface area contributed by atoms with Crippen LogP contribution in [0.2, 0.25) is 0 Å². The zero-order valence-electron chi connectivity index (χ0n) is 18.5. The molecule has 2 fully saturated rings. The van der Waals surface area contributed by atoms with Gasteiger partial charge in [-0.1, -0.05) is 30.4 Å². The summed E-state index contributed by atoms with van der Waals surface area (Å²) in [4.78, 5) is 29.9. The summed E-state index contributed by atoms with van der Waals surface area (Å²) in [5.41, 5.74) is -0.464. The fraction of sp³-hybridized carbons (Fsp3) is 0.500. The Balaban J connectivity index is 1.59. The first-order chi connectivity index (χ1) is 14.7. The zero-order chi connectivity index (χ0) is 22.4. The van der Waals surface area contributed by atoms with Gasteiger partial charge in [0.1, 0.15) is 17.0 Å². The van der Waals surface area contributed by atoms with Crippen LogP contribution in [0, 0.1) is 5.92 Å². The van der Waals surface area contributed by atoms with Crippen LogP contribution in [-0.2, 0) is 20.8 Å². The number of carbonyl (C=O) groups excluding carboxylic acids is 2. The molecule has 0 saturated carbocycles. The van der Waals surface area contributed by atoms with Crippen LogP contribution in [0.3, 0.4) is 0 Å². The summed E-state index contributed by atoms with van der Waals surface area (Å²) < 4.78 is 17.2. The lowest BCUT2D eigenvalue weighted by atomic mass is 9.84. The van der Waals surface area contributed by atoms with E-state index in [0.29, 0.717) is 19.6 Å². The Hall–Kier alpha value is -2.80. The van der Waals surface area contributed by atoms with Crippen molar-refractivity contribution in [2.24, 2.45) is 5.92 Å². The van der Waals surface area contributed by atoms with Crippen LogP contribution in [0.1, 0.15) is 26.3 Å². The van der Waals surface area contributed by atoms with Crippen molar-refractivity contribution in [1.29, 1.82) is 0 Å². The number of benzene rings is 1. The van der Waals surface area contributed by atoms with E-state index in [9.17, 15) is 9.59 Å². The van der Waals surface area contributed by atoms with Crippen LogP contribution >= 0.6 is 0 Å². The zero-order valence-corrected chi connectivity index (χ0v) is 18.5. The summed E-state index contributed by atoms with van der Waals surface area (Å²) in [6.45, 7) is 10.7. The first kappa shape index (κ1) is 21.4. The molecule has 7 nitrogen and oxygen atoms in total. The maximum atomic E-state index is 13.6. The molecule has 4 atom stereocenters. The highest BCUT2D eigenvalue weighted by Crippen LogP contribution is 2.48. The quantitative estimate of drug-likeness (QED) is 0.692. The second-order valence-corrected chi connectivity index (χ2v) is 9.31. The van der Waals surface area contributed by atoms with Crippen LogP contribution in [-0.4, -0.2) is 65.3 Å². The molecule has 0 spiro atoms. The smallest absolute Gasteiger partial charge is 0.410 e. The number of fused-ring (bicyclic) bond motifs is 3. The minimum absolute atomic E-state index is 0.0351. The molecule has 0 N–H and O–H groups in total. The molecule has 3 aliphatic heterocycles. The number of amides is 2. The van der Waals surface area contributed by atoms with Gasteiger partial charge < -0.3 is 19.1 Å². The molecule has 4 rings (SSSR count). The van der Waals surface area contributed by atoms with Crippen molar-refractivity contribution in [3.05, 3.63) is 54.6 Å². The van der Waals surface area contributed by atoms with Gasteiger partial charge in [-0.2, -0.15) is 0 Å². The highest BCUT2D eigenvalue weighted by molar-refractivity contribution is 5.86. The Morgan fingerprint density at radius 2 is 2.03 bits per heavy atom. The highest BCUT2D eigenvalue weighted by Gasteiger charge is 2.64. The molecule has 0 aliphatic carbocycles. The van der Waals surface area contributed by atoms with Gasteiger partial charge in [0.25, 0.3) is 0 Å². The Morgan fingerprint density at radius 3 is 2.65 bits per heavy atom. The first-order valence-electron chi connectivity index (χ1n) is 10.6. The van der Waals surface area contributed by atoms with Crippen molar-refractivity contribution in [1.82, 2.24) is 9.80 Å². The van der Waals surface area contributed by atoms with E-state index in [4.69, 9.17) is 14.2 Å². The standard InChI is InChI=1S/C24H30N2O5/c1-6-24-15-25(14-16-9-11-17(29-5)12-10-16)21(27)19(24)20-18(30-24)8-7-13-26(20)22(28)31-23(2,3)4/h6-12,18-20H,1,13-15H2,2-5H3/t18-,19+,20+,24-/m0/s1. The van der Waals surface area contributed by atoms with Gasteiger partial charge >= 0.3 is 6.09 Å². The Labute approximate surface area is 183 Å². The number of carbonyl (C=O) groups is 2. The van der Waals surface area contributed by atoms with E-state index in [2.05, 4.69) is 6.58 Å². The SMILES string of the molecule is C=C[C@]12CN(Cc3ccc(OC)cc3)C(=O)[C@H]1[C@H]1[C@H](C=CCN1C(=O)OC(C)(C)C)O2. The van der Waals surface area contributed by atoms with Gasteiger partial charge in [0.05, 0.1) is 31.7 Å². The maximum Gasteiger partial charge on any atom is 0.410 e.